The molecule has 4 rings (SSSR count). The zero-order chi connectivity index (χ0) is 16.8. The van der Waals surface area contributed by atoms with Crippen molar-refractivity contribution in [2.24, 2.45) is 0 Å². The van der Waals surface area contributed by atoms with Crippen molar-refractivity contribution in [1.29, 1.82) is 0 Å². The van der Waals surface area contributed by atoms with Crippen molar-refractivity contribution in [2.75, 3.05) is 11.4 Å². The zero-order valence-electron chi connectivity index (χ0n) is 13.2. The van der Waals surface area contributed by atoms with Gasteiger partial charge < -0.3 is 5.32 Å². The molecule has 24 heavy (non-hydrogen) atoms. The number of fused-ring (bicyclic) bond motifs is 1. The summed E-state index contributed by atoms with van der Waals surface area (Å²) in [4.78, 5) is 38.0. The normalized spacial score (nSPS) is 19.6. The first-order valence-electron chi connectivity index (χ1n) is 7.90. The van der Waals surface area contributed by atoms with Gasteiger partial charge in [-0.1, -0.05) is 18.2 Å². The Hall–Kier alpha value is -2.95. The highest BCUT2D eigenvalue weighted by Crippen LogP contribution is 2.32. The summed E-state index contributed by atoms with van der Waals surface area (Å²) >= 11 is 0. The lowest BCUT2D eigenvalue weighted by Gasteiger charge is -2.18. The molecule has 0 radical (unpaired) electrons. The van der Waals surface area contributed by atoms with Crippen LogP contribution in [0.25, 0.3) is 0 Å². The van der Waals surface area contributed by atoms with Gasteiger partial charge in [0.25, 0.3) is 11.8 Å². The summed E-state index contributed by atoms with van der Waals surface area (Å²) in [7, 11) is 0. The first-order chi connectivity index (χ1) is 11.5. The van der Waals surface area contributed by atoms with Crippen LogP contribution < -0.4 is 10.2 Å². The molecule has 0 bridgehead atoms. The van der Waals surface area contributed by atoms with E-state index in [1.54, 1.807) is 24.3 Å². The first-order valence-corrected chi connectivity index (χ1v) is 7.90. The van der Waals surface area contributed by atoms with Crippen molar-refractivity contribution in [1.82, 2.24) is 5.32 Å². The highest BCUT2D eigenvalue weighted by Gasteiger charge is 2.36. The number of amides is 3. The maximum atomic E-state index is 12.6. The summed E-state index contributed by atoms with van der Waals surface area (Å²) in [6.45, 7) is 2.51. The van der Waals surface area contributed by atoms with E-state index in [9.17, 15) is 14.4 Å². The third kappa shape index (κ3) is 2.21. The number of carbonyl (C=O) groups excluding carboxylic acids is 3. The molecule has 5 heteroatoms. The molecule has 3 amide bonds. The van der Waals surface area contributed by atoms with Crippen molar-refractivity contribution in [3.8, 4) is 0 Å². The quantitative estimate of drug-likeness (QED) is 0.864. The van der Waals surface area contributed by atoms with Crippen LogP contribution in [-0.4, -0.2) is 24.3 Å². The number of imide groups is 1. The van der Waals surface area contributed by atoms with E-state index in [1.165, 1.54) is 4.90 Å². The molecule has 0 spiro atoms. The molecule has 120 valence electrons. The van der Waals surface area contributed by atoms with Crippen LogP contribution in [0.1, 0.15) is 44.2 Å². The minimum absolute atomic E-state index is 0.0313. The SMILES string of the molecule is Cc1cc(C2CNC(=O)C2)cc(N2C(=O)c3ccccc3C2=O)c1. The average Bonchev–Trinajstić information content (AvgIpc) is 3.10. The van der Waals surface area contributed by atoms with Crippen molar-refractivity contribution in [3.63, 3.8) is 0 Å². The maximum absolute atomic E-state index is 12.6. The fourth-order valence-corrected chi connectivity index (χ4v) is 3.42. The second-order valence-electron chi connectivity index (χ2n) is 6.30. The van der Waals surface area contributed by atoms with Crippen LogP contribution in [0, 0.1) is 6.92 Å². The number of benzene rings is 2. The van der Waals surface area contributed by atoms with Gasteiger partial charge in [0, 0.05) is 18.9 Å². The van der Waals surface area contributed by atoms with Crippen LogP contribution >= 0.6 is 0 Å². The van der Waals surface area contributed by atoms with Gasteiger partial charge in [0.15, 0.2) is 0 Å². The lowest BCUT2D eigenvalue weighted by molar-refractivity contribution is -0.119. The van der Waals surface area contributed by atoms with Crippen LogP contribution in [0.15, 0.2) is 42.5 Å². The highest BCUT2D eigenvalue weighted by atomic mass is 16.2. The van der Waals surface area contributed by atoms with Gasteiger partial charge in [-0.15, -0.1) is 0 Å². The molecule has 1 N–H and O–H groups in total. The Morgan fingerprint density at radius 3 is 2.25 bits per heavy atom. The highest BCUT2D eigenvalue weighted by molar-refractivity contribution is 6.34. The Kier molecular flexibility index (Phi) is 3.23. The Bertz CT molecular complexity index is 853. The van der Waals surface area contributed by atoms with E-state index in [4.69, 9.17) is 0 Å². The Balaban J connectivity index is 1.75. The smallest absolute Gasteiger partial charge is 0.266 e. The lowest BCUT2D eigenvalue weighted by Crippen LogP contribution is -2.29. The molecular formula is C19H16N2O3. The van der Waals surface area contributed by atoms with Gasteiger partial charge in [0.1, 0.15) is 0 Å². The molecule has 1 saturated heterocycles. The molecule has 1 fully saturated rings. The Morgan fingerprint density at radius 2 is 1.67 bits per heavy atom. The summed E-state index contributed by atoms with van der Waals surface area (Å²) in [5.74, 6) is -0.490. The molecule has 0 aromatic heterocycles. The average molecular weight is 320 g/mol. The van der Waals surface area contributed by atoms with E-state index in [0.717, 1.165) is 11.1 Å². The first kappa shape index (κ1) is 14.6. The number of nitrogens with zero attached hydrogens (tertiary/aromatic N) is 1. The number of hydrogen-bond donors (Lipinski definition) is 1. The molecule has 5 nitrogen and oxygen atoms in total. The van der Waals surface area contributed by atoms with Crippen LogP contribution in [0.3, 0.4) is 0 Å². The van der Waals surface area contributed by atoms with Gasteiger partial charge in [-0.05, 0) is 42.3 Å². The van der Waals surface area contributed by atoms with Gasteiger partial charge in [0.05, 0.1) is 16.8 Å². The summed E-state index contributed by atoms with van der Waals surface area (Å²) in [6, 6.07) is 12.5. The molecule has 2 aromatic rings. The number of nitrogens with one attached hydrogen (secondary N) is 1. The van der Waals surface area contributed by atoms with Crippen LogP contribution in [-0.2, 0) is 4.79 Å². The molecule has 0 saturated carbocycles. The third-order valence-electron chi connectivity index (χ3n) is 4.59. The fraction of sp³-hybridized carbons (Fsp3) is 0.211. The third-order valence-corrected chi connectivity index (χ3v) is 4.59. The zero-order valence-corrected chi connectivity index (χ0v) is 13.2. The van der Waals surface area contributed by atoms with Crippen molar-refractivity contribution >= 4 is 23.4 Å². The van der Waals surface area contributed by atoms with E-state index in [2.05, 4.69) is 5.32 Å². The number of anilines is 1. The topological polar surface area (TPSA) is 66.5 Å². The van der Waals surface area contributed by atoms with Crippen molar-refractivity contribution in [2.45, 2.75) is 19.3 Å². The van der Waals surface area contributed by atoms with Crippen molar-refractivity contribution < 1.29 is 14.4 Å². The minimum atomic E-state index is -0.298. The summed E-state index contributed by atoms with van der Waals surface area (Å²) in [6.07, 6.45) is 0.436. The number of rotatable bonds is 2. The predicted octanol–water partition coefficient (Wildman–Crippen LogP) is 2.40. The fourth-order valence-electron chi connectivity index (χ4n) is 3.42. The maximum Gasteiger partial charge on any atom is 0.266 e. The van der Waals surface area contributed by atoms with Crippen LogP contribution in [0.5, 0.6) is 0 Å². The summed E-state index contributed by atoms with van der Waals surface area (Å²) in [5.41, 5.74) is 3.36. The molecule has 2 aliphatic rings. The van der Waals surface area contributed by atoms with Gasteiger partial charge in [-0.3, -0.25) is 14.4 Å². The van der Waals surface area contributed by atoms with E-state index in [0.29, 0.717) is 29.8 Å². The molecular weight excluding hydrogens is 304 g/mol. The van der Waals surface area contributed by atoms with E-state index in [1.807, 2.05) is 25.1 Å². The summed E-state index contributed by atoms with van der Waals surface area (Å²) < 4.78 is 0. The number of aryl methyl sites for hydroxylation is 1. The second-order valence-corrected chi connectivity index (χ2v) is 6.30. The standard InChI is InChI=1S/C19H16N2O3/c1-11-6-12(13-9-17(22)20-10-13)8-14(7-11)21-18(23)15-4-2-3-5-16(15)19(21)24/h2-8,13H,9-10H2,1H3,(H,20,22). The van der Waals surface area contributed by atoms with Gasteiger partial charge >= 0.3 is 0 Å². The minimum Gasteiger partial charge on any atom is -0.355 e. The second kappa shape index (κ2) is 5.30. The van der Waals surface area contributed by atoms with Gasteiger partial charge in [-0.2, -0.15) is 0 Å². The predicted molar refractivity (Wildman–Crippen MR) is 89.1 cm³/mol. The lowest BCUT2D eigenvalue weighted by atomic mass is 9.96. The van der Waals surface area contributed by atoms with Crippen LogP contribution in [0.4, 0.5) is 5.69 Å². The monoisotopic (exact) mass is 320 g/mol. The van der Waals surface area contributed by atoms with Gasteiger partial charge in [-0.25, -0.2) is 4.90 Å². The number of hydrogen-bond acceptors (Lipinski definition) is 3. The molecule has 0 aliphatic carbocycles. The van der Waals surface area contributed by atoms with E-state index >= 15 is 0 Å². The Labute approximate surface area is 139 Å². The largest absolute Gasteiger partial charge is 0.355 e. The molecule has 1 unspecified atom stereocenters. The molecule has 2 aromatic carbocycles. The van der Waals surface area contributed by atoms with Gasteiger partial charge in [0.2, 0.25) is 5.91 Å². The van der Waals surface area contributed by atoms with E-state index in [-0.39, 0.29) is 23.6 Å². The van der Waals surface area contributed by atoms with E-state index < -0.39 is 0 Å². The molecule has 2 heterocycles. The molecule has 1 atom stereocenters. The van der Waals surface area contributed by atoms with Crippen LogP contribution in [0.2, 0.25) is 0 Å². The number of carbonyl (C=O) groups is 3. The molecule has 2 aliphatic heterocycles. The Morgan fingerprint density at radius 1 is 1.00 bits per heavy atom. The summed E-state index contributed by atoms with van der Waals surface area (Å²) in [5, 5.41) is 2.82. The van der Waals surface area contributed by atoms with Crippen molar-refractivity contribution in [3.05, 3.63) is 64.7 Å².